The van der Waals surface area contributed by atoms with Crippen LogP contribution in [-0.4, -0.2) is 32.2 Å². The Labute approximate surface area is 134 Å². The van der Waals surface area contributed by atoms with Gasteiger partial charge in [-0.1, -0.05) is 6.07 Å². The van der Waals surface area contributed by atoms with Crippen LogP contribution in [0.2, 0.25) is 0 Å². The molecular weight excluding hydrogens is 295 g/mol. The van der Waals surface area contributed by atoms with Crippen LogP contribution in [0.1, 0.15) is 16.8 Å². The highest BCUT2D eigenvalue weighted by molar-refractivity contribution is 6.04. The van der Waals surface area contributed by atoms with Gasteiger partial charge in [0.1, 0.15) is 5.82 Å². The Morgan fingerprint density at radius 1 is 1.26 bits per heavy atom. The Morgan fingerprint density at radius 3 is 2.70 bits per heavy atom. The first-order valence-corrected chi connectivity index (χ1v) is 7.60. The molecule has 2 aromatic rings. The zero-order valence-electron chi connectivity index (χ0n) is 13.0. The Bertz CT molecular complexity index is 688. The lowest BCUT2D eigenvalue weighted by Gasteiger charge is -2.18. The van der Waals surface area contributed by atoms with E-state index in [1.807, 2.05) is 24.3 Å². The summed E-state index contributed by atoms with van der Waals surface area (Å²) in [5.41, 5.74) is 2.09. The number of methoxy groups -OCH3 is 1. The van der Waals surface area contributed by atoms with E-state index in [1.54, 1.807) is 13.2 Å². The normalized spacial score (nSPS) is 17.3. The topological polar surface area (TPSA) is 41.6 Å². The van der Waals surface area contributed by atoms with Crippen molar-refractivity contribution in [2.75, 3.05) is 30.4 Å². The van der Waals surface area contributed by atoms with Gasteiger partial charge in [0, 0.05) is 37.1 Å². The molecule has 1 heterocycles. The van der Waals surface area contributed by atoms with E-state index in [9.17, 15) is 9.18 Å². The smallest absolute Gasteiger partial charge is 0.255 e. The van der Waals surface area contributed by atoms with Crippen LogP contribution < -0.4 is 10.2 Å². The van der Waals surface area contributed by atoms with Gasteiger partial charge in [-0.15, -0.1) is 0 Å². The molecule has 4 nitrogen and oxygen atoms in total. The summed E-state index contributed by atoms with van der Waals surface area (Å²) in [6.07, 6.45) is 1.30. The lowest BCUT2D eigenvalue weighted by atomic mass is 10.2. The second-order valence-corrected chi connectivity index (χ2v) is 5.60. The molecule has 0 bridgehead atoms. The van der Waals surface area contributed by atoms with E-state index < -0.39 is 5.82 Å². The van der Waals surface area contributed by atoms with Gasteiger partial charge in [0.2, 0.25) is 0 Å². The van der Waals surface area contributed by atoms with E-state index in [2.05, 4.69) is 10.2 Å². The largest absolute Gasteiger partial charge is 0.380 e. The highest BCUT2D eigenvalue weighted by Crippen LogP contribution is 2.23. The van der Waals surface area contributed by atoms with Crippen LogP contribution in [0.4, 0.5) is 15.8 Å². The molecule has 1 aliphatic rings. The van der Waals surface area contributed by atoms with Gasteiger partial charge in [0.05, 0.1) is 6.10 Å². The van der Waals surface area contributed by atoms with Gasteiger partial charge in [0.15, 0.2) is 0 Å². The van der Waals surface area contributed by atoms with Gasteiger partial charge >= 0.3 is 0 Å². The molecule has 0 unspecified atom stereocenters. The standard InChI is InChI=1S/C18H19FN2O2/c1-23-17-9-10-21(12-17)16-7-5-15(6-8-16)20-18(22)13-3-2-4-14(19)11-13/h2-8,11,17H,9-10,12H2,1H3,(H,20,22)/t17-/m0/s1. The van der Waals surface area contributed by atoms with Gasteiger partial charge < -0.3 is 15.0 Å². The Morgan fingerprint density at radius 2 is 2.04 bits per heavy atom. The summed E-state index contributed by atoms with van der Waals surface area (Å²) in [5.74, 6) is -0.743. The van der Waals surface area contributed by atoms with Gasteiger partial charge in [-0.25, -0.2) is 4.39 Å². The number of benzene rings is 2. The highest BCUT2D eigenvalue weighted by atomic mass is 19.1. The lowest BCUT2D eigenvalue weighted by molar-refractivity contribution is 0.102. The number of nitrogens with one attached hydrogen (secondary N) is 1. The van der Waals surface area contributed by atoms with Crippen LogP contribution >= 0.6 is 0 Å². The first-order valence-electron chi connectivity index (χ1n) is 7.60. The number of nitrogens with zero attached hydrogens (tertiary/aromatic N) is 1. The van der Waals surface area contributed by atoms with Crippen LogP contribution in [-0.2, 0) is 4.74 Å². The minimum Gasteiger partial charge on any atom is -0.380 e. The SMILES string of the molecule is CO[C@H]1CCN(c2ccc(NC(=O)c3cccc(F)c3)cc2)C1. The summed E-state index contributed by atoms with van der Waals surface area (Å²) in [4.78, 5) is 14.3. The Hall–Kier alpha value is -2.40. The van der Waals surface area contributed by atoms with Crippen LogP contribution in [0, 0.1) is 5.82 Å². The monoisotopic (exact) mass is 314 g/mol. The first kappa shape index (κ1) is 15.5. The molecule has 0 spiro atoms. The highest BCUT2D eigenvalue weighted by Gasteiger charge is 2.22. The van der Waals surface area contributed by atoms with Crippen molar-refractivity contribution in [1.29, 1.82) is 0 Å². The minimum atomic E-state index is -0.422. The van der Waals surface area contributed by atoms with Gasteiger partial charge in [0.25, 0.3) is 5.91 Å². The zero-order chi connectivity index (χ0) is 16.2. The number of ether oxygens (including phenoxy) is 1. The quantitative estimate of drug-likeness (QED) is 0.941. The number of carbonyl (C=O) groups is 1. The van der Waals surface area contributed by atoms with E-state index in [0.717, 1.165) is 25.2 Å². The molecule has 0 saturated carbocycles. The van der Waals surface area contributed by atoms with Gasteiger partial charge in [-0.2, -0.15) is 0 Å². The number of halogens is 1. The second kappa shape index (κ2) is 6.79. The van der Waals surface area contributed by atoms with E-state index in [1.165, 1.54) is 18.2 Å². The van der Waals surface area contributed by atoms with Crippen molar-refractivity contribution in [3.05, 3.63) is 59.9 Å². The van der Waals surface area contributed by atoms with Crippen molar-refractivity contribution in [2.24, 2.45) is 0 Å². The minimum absolute atomic E-state index is 0.280. The summed E-state index contributed by atoms with van der Waals surface area (Å²) in [5, 5.41) is 2.77. The maximum atomic E-state index is 13.2. The molecule has 1 fully saturated rings. The van der Waals surface area contributed by atoms with Gasteiger partial charge in [-0.3, -0.25) is 4.79 Å². The Kier molecular flexibility index (Phi) is 4.57. The molecule has 23 heavy (non-hydrogen) atoms. The van der Waals surface area contributed by atoms with E-state index in [-0.39, 0.29) is 12.0 Å². The fourth-order valence-electron chi connectivity index (χ4n) is 2.74. The summed E-state index contributed by atoms with van der Waals surface area (Å²) in [6.45, 7) is 1.85. The van der Waals surface area contributed by atoms with Crippen molar-refractivity contribution >= 4 is 17.3 Å². The van der Waals surface area contributed by atoms with Crippen molar-refractivity contribution in [3.8, 4) is 0 Å². The molecule has 3 rings (SSSR count). The predicted molar refractivity (Wildman–Crippen MR) is 88.4 cm³/mol. The molecular formula is C18H19FN2O2. The van der Waals surface area contributed by atoms with Crippen LogP contribution in [0.5, 0.6) is 0 Å². The number of amides is 1. The summed E-state index contributed by atoms with van der Waals surface area (Å²) >= 11 is 0. The molecule has 1 atom stereocenters. The summed E-state index contributed by atoms with van der Waals surface area (Å²) in [7, 11) is 1.74. The lowest BCUT2D eigenvalue weighted by Crippen LogP contribution is -2.22. The number of rotatable bonds is 4. The molecule has 0 aromatic heterocycles. The van der Waals surface area contributed by atoms with E-state index in [0.29, 0.717) is 11.3 Å². The van der Waals surface area contributed by atoms with Gasteiger partial charge in [-0.05, 0) is 48.9 Å². The van der Waals surface area contributed by atoms with Crippen LogP contribution in [0.25, 0.3) is 0 Å². The molecule has 2 aromatic carbocycles. The van der Waals surface area contributed by atoms with E-state index >= 15 is 0 Å². The summed E-state index contributed by atoms with van der Waals surface area (Å²) in [6, 6.07) is 13.3. The fraction of sp³-hybridized carbons (Fsp3) is 0.278. The zero-order valence-corrected chi connectivity index (χ0v) is 13.0. The average molecular weight is 314 g/mol. The van der Waals surface area contributed by atoms with Crippen molar-refractivity contribution in [3.63, 3.8) is 0 Å². The summed E-state index contributed by atoms with van der Waals surface area (Å²) < 4.78 is 18.5. The number of hydrogen-bond donors (Lipinski definition) is 1. The first-order chi connectivity index (χ1) is 11.2. The Balaban J connectivity index is 1.65. The third-order valence-electron chi connectivity index (χ3n) is 4.06. The molecule has 1 aliphatic heterocycles. The third-order valence-corrected chi connectivity index (χ3v) is 4.06. The van der Waals surface area contributed by atoms with Crippen molar-refractivity contribution in [1.82, 2.24) is 0 Å². The van der Waals surface area contributed by atoms with Crippen molar-refractivity contribution in [2.45, 2.75) is 12.5 Å². The average Bonchev–Trinajstić information content (AvgIpc) is 3.04. The molecule has 120 valence electrons. The molecule has 0 aliphatic carbocycles. The molecule has 1 N–H and O–H groups in total. The fourth-order valence-corrected chi connectivity index (χ4v) is 2.74. The third kappa shape index (κ3) is 3.68. The second-order valence-electron chi connectivity index (χ2n) is 5.60. The number of carbonyl (C=O) groups excluding carboxylic acids is 1. The van der Waals surface area contributed by atoms with Crippen LogP contribution in [0.15, 0.2) is 48.5 Å². The maximum Gasteiger partial charge on any atom is 0.255 e. The van der Waals surface area contributed by atoms with E-state index in [4.69, 9.17) is 4.74 Å². The van der Waals surface area contributed by atoms with Crippen molar-refractivity contribution < 1.29 is 13.9 Å². The maximum absolute atomic E-state index is 13.2. The number of anilines is 2. The molecule has 5 heteroatoms. The van der Waals surface area contributed by atoms with Crippen LogP contribution in [0.3, 0.4) is 0 Å². The predicted octanol–water partition coefficient (Wildman–Crippen LogP) is 3.30. The molecule has 1 saturated heterocycles. The molecule has 0 radical (unpaired) electrons. The number of hydrogen-bond acceptors (Lipinski definition) is 3. The molecule has 1 amide bonds.